The van der Waals surface area contributed by atoms with Crippen LogP contribution in [0.2, 0.25) is 0 Å². The molecule has 0 aromatic rings. The van der Waals surface area contributed by atoms with E-state index in [4.69, 9.17) is 5.73 Å². The van der Waals surface area contributed by atoms with E-state index >= 15 is 0 Å². The van der Waals surface area contributed by atoms with Gasteiger partial charge >= 0.3 is 0 Å². The third-order valence-electron chi connectivity index (χ3n) is 2.93. The summed E-state index contributed by atoms with van der Waals surface area (Å²) >= 11 is 0. The van der Waals surface area contributed by atoms with Crippen molar-refractivity contribution in [2.75, 3.05) is 19.3 Å². The molecule has 0 aromatic carbocycles. The fourth-order valence-corrected chi connectivity index (χ4v) is 2.88. The van der Waals surface area contributed by atoms with Gasteiger partial charge in [-0.1, -0.05) is 6.08 Å². The van der Waals surface area contributed by atoms with E-state index in [-0.39, 0.29) is 11.9 Å². The highest BCUT2D eigenvalue weighted by atomic mass is 32.2. The molecule has 1 atom stereocenters. The van der Waals surface area contributed by atoms with Crippen LogP contribution in [0.25, 0.3) is 0 Å². The van der Waals surface area contributed by atoms with Gasteiger partial charge in [0.1, 0.15) is 0 Å². The maximum atomic E-state index is 11.9. The summed E-state index contributed by atoms with van der Waals surface area (Å²) in [6.07, 6.45) is 4.48. The molecule has 0 aliphatic carbocycles. The van der Waals surface area contributed by atoms with E-state index in [9.17, 15) is 13.2 Å². The molecule has 1 fully saturated rings. The number of rotatable bonds is 5. The summed E-state index contributed by atoms with van der Waals surface area (Å²) in [6, 6.07) is -0.624. The lowest BCUT2D eigenvalue weighted by Gasteiger charge is -2.33. The zero-order valence-electron chi connectivity index (χ0n) is 10.6. The molecule has 3 N–H and O–H groups in total. The summed E-state index contributed by atoms with van der Waals surface area (Å²) in [5.41, 5.74) is 5.72. The van der Waals surface area contributed by atoms with Crippen molar-refractivity contribution in [2.45, 2.75) is 31.3 Å². The summed E-state index contributed by atoms with van der Waals surface area (Å²) in [7, 11) is -3.18. The average molecular weight is 275 g/mol. The van der Waals surface area contributed by atoms with E-state index in [1.165, 1.54) is 0 Å². The monoisotopic (exact) mass is 275 g/mol. The predicted octanol–water partition coefficient (Wildman–Crippen LogP) is -0.570. The summed E-state index contributed by atoms with van der Waals surface area (Å²) in [4.78, 5) is 13.6. The second kappa shape index (κ2) is 6.31. The van der Waals surface area contributed by atoms with Gasteiger partial charge in [-0.3, -0.25) is 4.79 Å². The first-order valence-corrected chi connectivity index (χ1v) is 7.85. The summed E-state index contributed by atoms with van der Waals surface area (Å²) in [5, 5.41) is 0. The molecule has 0 bridgehead atoms. The molecule has 1 aliphatic rings. The Kier molecular flexibility index (Phi) is 5.30. The van der Waals surface area contributed by atoms with E-state index in [0.29, 0.717) is 32.4 Å². The summed E-state index contributed by atoms with van der Waals surface area (Å²) < 4.78 is 24.7. The van der Waals surface area contributed by atoms with Crippen LogP contribution < -0.4 is 10.5 Å². The molecule has 6 nitrogen and oxygen atoms in total. The molecule has 1 amide bonds. The highest BCUT2D eigenvalue weighted by molar-refractivity contribution is 7.88. The number of amides is 1. The van der Waals surface area contributed by atoms with Crippen molar-refractivity contribution in [3.05, 3.63) is 12.7 Å². The first-order chi connectivity index (χ1) is 8.33. The van der Waals surface area contributed by atoms with Gasteiger partial charge in [0.15, 0.2) is 0 Å². The second-order valence-electron chi connectivity index (χ2n) is 4.62. The molecule has 104 valence electrons. The third-order valence-corrected chi connectivity index (χ3v) is 3.69. The van der Waals surface area contributed by atoms with Crippen LogP contribution in [0.5, 0.6) is 0 Å². The Hall–Kier alpha value is -0.920. The standard InChI is InChI=1S/C11H21N3O3S/c1-3-4-10(12)11(15)14-7-5-9(6-8-14)13-18(2,16)17/h3,9-10,13H,1,4-8,12H2,2H3. The van der Waals surface area contributed by atoms with Crippen molar-refractivity contribution in [1.82, 2.24) is 9.62 Å². The molecule has 1 heterocycles. The molecule has 1 rings (SSSR count). The normalized spacial score (nSPS) is 19.6. The largest absolute Gasteiger partial charge is 0.341 e. The number of hydrogen-bond acceptors (Lipinski definition) is 4. The van der Waals surface area contributed by atoms with Crippen LogP contribution >= 0.6 is 0 Å². The van der Waals surface area contributed by atoms with Gasteiger partial charge in [-0.15, -0.1) is 6.58 Å². The number of carbonyl (C=O) groups is 1. The third kappa shape index (κ3) is 4.75. The maximum Gasteiger partial charge on any atom is 0.239 e. The van der Waals surface area contributed by atoms with Crippen molar-refractivity contribution in [1.29, 1.82) is 0 Å². The number of piperidine rings is 1. The Bertz CT molecular complexity index is 400. The van der Waals surface area contributed by atoms with Crippen LogP contribution in [0.3, 0.4) is 0 Å². The molecule has 0 spiro atoms. The zero-order valence-corrected chi connectivity index (χ0v) is 11.4. The van der Waals surface area contributed by atoms with E-state index in [2.05, 4.69) is 11.3 Å². The molecule has 0 saturated carbocycles. The van der Waals surface area contributed by atoms with Crippen LogP contribution in [-0.2, 0) is 14.8 Å². The SMILES string of the molecule is C=CCC(N)C(=O)N1CCC(NS(C)(=O)=O)CC1. The first kappa shape index (κ1) is 15.1. The molecule has 1 saturated heterocycles. The van der Waals surface area contributed by atoms with Crippen LogP contribution in [0.15, 0.2) is 12.7 Å². The molecule has 0 aromatic heterocycles. The summed E-state index contributed by atoms with van der Waals surface area (Å²) in [6.45, 7) is 4.63. The van der Waals surface area contributed by atoms with E-state index in [0.717, 1.165) is 6.26 Å². The number of nitrogens with zero attached hydrogens (tertiary/aromatic N) is 1. The molecular formula is C11H21N3O3S. The molecule has 1 unspecified atom stereocenters. The van der Waals surface area contributed by atoms with Crippen molar-refractivity contribution in [3.8, 4) is 0 Å². The van der Waals surface area contributed by atoms with E-state index < -0.39 is 16.1 Å². The average Bonchev–Trinajstić information content (AvgIpc) is 2.27. The number of nitrogens with two attached hydrogens (primary N) is 1. The van der Waals surface area contributed by atoms with Gasteiger partial charge in [-0.2, -0.15) is 0 Å². The van der Waals surface area contributed by atoms with Crippen molar-refractivity contribution in [3.63, 3.8) is 0 Å². The molecule has 18 heavy (non-hydrogen) atoms. The number of likely N-dealkylation sites (tertiary alicyclic amines) is 1. The lowest BCUT2D eigenvalue weighted by molar-refractivity contribution is -0.133. The molecule has 7 heteroatoms. The van der Waals surface area contributed by atoms with Gasteiger partial charge in [0.25, 0.3) is 0 Å². The van der Waals surface area contributed by atoms with Gasteiger partial charge in [-0.05, 0) is 19.3 Å². The van der Waals surface area contributed by atoms with Crippen LogP contribution in [0.1, 0.15) is 19.3 Å². The zero-order chi connectivity index (χ0) is 13.8. The first-order valence-electron chi connectivity index (χ1n) is 5.96. The van der Waals surface area contributed by atoms with Gasteiger partial charge in [-0.25, -0.2) is 13.1 Å². The van der Waals surface area contributed by atoms with Gasteiger partial charge < -0.3 is 10.6 Å². The van der Waals surface area contributed by atoms with Crippen molar-refractivity contribution in [2.24, 2.45) is 5.73 Å². The van der Waals surface area contributed by atoms with Gasteiger partial charge in [0.2, 0.25) is 15.9 Å². The highest BCUT2D eigenvalue weighted by Gasteiger charge is 2.26. The summed E-state index contributed by atoms with van der Waals surface area (Å²) in [5.74, 6) is -0.0901. The second-order valence-corrected chi connectivity index (χ2v) is 6.40. The molecule has 1 aliphatic heterocycles. The maximum absolute atomic E-state index is 11.9. The number of nitrogens with one attached hydrogen (secondary N) is 1. The minimum absolute atomic E-state index is 0.0836. The van der Waals surface area contributed by atoms with Crippen molar-refractivity contribution < 1.29 is 13.2 Å². The number of carbonyl (C=O) groups excluding carboxylic acids is 1. The Balaban J connectivity index is 2.44. The van der Waals surface area contributed by atoms with E-state index in [1.54, 1.807) is 11.0 Å². The minimum Gasteiger partial charge on any atom is -0.341 e. The highest BCUT2D eigenvalue weighted by Crippen LogP contribution is 2.12. The van der Waals surface area contributed by atoms with E-state index in [1.807, 2.05) is 0 Å². The Labute approximate surface area is 108 Å². The van der Waals surface area contributed by atoms with Crippen LogP contribution in [-0.4, -0.2) is 50.7 Å². The molecule has 0 radical (unpaired) electrons. The molecular weight excluding hydrogens is 254 g/mol. The Morgan fingerprint density at radius 1 is 1.56 bits per heavy atom. The Morgan fingerprint density at radius 3 is 2.56 bits per heavy atom. The van der Waals surface area contributed by atoms with Crippen molar-refractivity contribution >= 4 is 15.9 Å². The number of sulfonamides is 1. The fourth-order valence-electron chi connectivity index (χ4n) is 2.04. The minimum atomic E-state index is -3.18. The Morgan fingerprint density at radius 2 is 2.11 bits per heavy atom. The topological polar surface area (TPSA) is 92.5 Å². The van der Waals surface area contributed by atoms with Crippen LogP contribution in [0, 0.1) is 0 Å². The number of hydrogen-bond donors (Lipinski definition) is 2. The predicted molar refractivity (Wildman–Crippen MR) is 70.4 cm³/mol. The fraction of sp³-hybridized carbons (Fsp3) is 0.727. The lowest BCUT2D eigenvalue weighted by Crippen LogP contribution is -2.50. The quantitative estimate of drug-likeness (QED) is 0.657. The van der Waals surface area contributed by atoms with Gasteiger partial charge in [0, 0.05) is 19.1 Å². The van der Waals surface area contributed by atoms with Crippen LogP contribution in [0.4, 0.5) is 0 Å². The lowest BCUT2D eigenvalue weighted by atomic mass is 10.0. The van der Waals surface area contributed by atoms with Gasteiger partial charge in [0.05, 0.1) is 12.3 Å². The smallest absolute Gasteiger partial charge is 0.239 e.